The number of benzene rings is 1. The standard InChI is InChI=1S/C15H21F3N2O/c16-15(17,18)12-4-5-14(11(9-12)10-19)20-7-2-1-3-13(20)6-8-21/h4-5,9,13,21H,1-3,6-8,10,19H2. The van der Waals surface area contributed by atoms with Crippen molar-refractivity contribution < 1.29 is 18.3 Å². The van der Waals surface area contributed by atoms with E-state index in [1.165, 1.54) is 6.07 Å². The average molecular weight is 302 g/mol. The minimum atomic E-state index is -4.35. The highest BCUT2D eigenvalue weighted by atomic mass is 19.4. The van der Waals surface area contributed by atoms with Crippen LogP contribution >= 0.6 is 0 Å². The summed E-state index contributed by atoms with van der Waals surface area (Å²) in [5.41, 5.74) is 6.26. The molecule has 1 aliphatic rings. The largest absolute Gasteiger partial charge is 0.416 e. The van der Waals surface area contributed by atoms with Gasteiger partial charge in [-0.1, -0.05) is 0 Å². The van der Waals surface area contributed by atoms with Crippen molar-refractivity contribution in [1.82, 2.24) is 0 Å². The maximum atomic E-state index is 12.8. The Morgan fingerprint density at radius 1 is 1.29 bits per heavy atom. The first-order valence-corrected chi connectivity index (χ1v) is 7.25. The predicted octanol–water partition coefficient (Wildman–Crippen LogP) is 2.91. The maximum Gasteiger partial charge on any atom is 0.416 e. The molecule has 0 radical (unpaired) electrons. The highest BCUT2D eigenvalue weighted by molar-refractivity contribution is 5.56. The van der Waals surface area contributed by atoms with E-state index in [2.05, 4.69) is 4.90 Å². The van der Waals surface area contributed by atoms with Crippen molar-refractivity contribution in [2.75, 3.05) is 18.1 Å². The smallest absolute Gasteiger partial charge is 0.396 e. The molecule has 1 heterocycles. The second-order valence-corrected chi connectivity index (χ2v) is 5.40. The Kier molecular flexibility index (Phi) is 5.11. The fourth-order valence-electron chi connectivity index (χ4n) is 2.97. The average Bonchev–Trinajstić information content (AvgIpc) is 2.46. The van der Waals surface area contributed by atoms with E-state index >= 15 is 0 Å². The van der Waals surface area contributed by atoms with Gasteiger partial charge in [-0.15, -0.1) is 0 Å². The number of nitrogens with two attached hydrogens (primary N) is 1. The lowest BCUT2D eigenvalue weighted by molar-refractivity contribution is -0.137. The van der Waals surface area contributed by atoms with Crippen molar-refractivity contribution >= 4 is 5.69 Å². The van der Waals surface area contributed by atoms with E-state index in [1.807, 2.05) is 0 Å². The van der Waals surface area contributed by atoms with E-state index in [-0.39, 0.29) is 19.2 Å². The third-order valence-corrected chi connectivity index (χ3v) is 4.03. The zero-order chi connectivity index (χ0) is 15.5. The van der Waals surface area contributed by atoms with Crippen LogP contribution in [0.25, 0.3) is 0 Å². The molecule has 1 fully saturated rings. The van der Waals surface area contributed by atoms with Crippen molar-refractivity contribution in [2.24, 2.45) is 5.73 Å². The first-order chi connectivity index (χ1) is 9.97. The van der Waals surface area contributed by atoms with Crippen molar-refractivity contribution in [3.63, 3.8) is 0 Å². The van der Waals surface area contributed by atoms with Crippen LogP contribution in [-0.4, -0.2) is 24.3 Å². The summed E-state index contributed by atoms with van der Waals surface area (Å²) in [6.07, 6.45) is -0.682. The molecule has 0 bridgehead atoms. The Balaban J connectivity index is 2.33. The van der Waals surface area contributed by atoms with Gasteiger partial charge in [0.15, 0.2) is 0 Å². The molecule has 0 saturated carbocycles. The Hall–Kier alpha value is -1.27. The van der Waals surface area contributed by atoms with Crippen LogP contribution in [0.4, 0.5) is 18.9 Å². The Bertz CT molecular complexity index is 474. The summed E-state index contributed by atoms with van der Waals surface area (Å²) in [6.45, 7) is 0.949. The van der Waals surface area contributed by atoms with Gasteiger partial charge in [-0.25, -0.2) is 0 Å². The van der Waals surface area contributed by atoms with E-state index in [1.54, 1.807) is 0 Å². The lowest BCUT2D eigenvalue weighted by Crippen LogP contribution is -2.40. The van der Waals surface area contributed by atoms with E-state index in [0.29, 0.717) is 12.0 Å². The minimum Gasteiger partial charge on any atom is -0.396 e. The maximum absolute atomic E-state index is 12.8. The van der Waals surface area contributed by atoms with E-state index in [9.17, 15) is 13.2 Å². The molecule has 1 saturated heterocycles. The van der Waals surface area contributed by atoms with Gasteiger partial charge in [-0.05, 0) is 49.4 Å². The summed E-state index contributed by atoms with van der Waals surface area (Å²) in [4.78, 5) is 2.10. The number of hydrogen-bond acceptors (Lipinski definition) is 3. The topological polar surface area (TPSA) is 49.5 Å². The second kappa shape index (κ2) is 6.66. The van der Waals surface area contributed by atoms with Gasteiger partial charge in [0, 0.05) is 31.4 Å². The van der Waals surface area contributed by atoms with Gasteiger partial charge in [0.25, 0.3) is 0 Å². The molecular formula is C15H21F3N2O. The SMILES string of the molecule is NCc1cc(C(F)(F)F)ccc1N1CCCCC1CCO. The van der Waals surface area contributed by atoms with Crippen molar-refractivity contribution in [3.05, 3.63) is 29.3 Å². The van der Waals surface area contributed by atoms with Crippen LogP contribution < -0.4 is 10.6 Å². The molecule has 1 atom stereocenters. The van der Waals surface area contributed by atoms with Gasteiger partial charge in [-0.2, -0.15) is 13.2 Å². The summed E-state index contributed by atoms with van der Waals surface area (Å²) >= 11 is 0. The van der Waals surface area contributed by atoms with Crippen LogP contribution in [0.3, 0.4) is 0 Å². The third kappa shape index (κ3) is 3.68. The molecule has 0 amide bonds. The Morgan fingerprint density at radius 3 is 2.67 bits per heavy atom. The molecule has 3 nitrogen and oxygen atoms in total. The van der Waals surface area contributed by atoms with Crippen LogP contribution in [0.2, 0.25) is 0 Å². The molecule has 0 aromatic heterocycles. The van der Waals surface area contributed by atoms with E-state index < -0.39 is 11.7 Å². The molecule has 3 N–H and O–H groups in total. The summed E-state index contributed by atoms with van der Waals surface area (Å²) < 4.78 is 38.4. The molecule has 2 rings (SSSR count). The van der Waals surface area contributed by atoms with Crippen molar-refractivity contribution in [3.8, 4) is 0 Å². The number of anilines is 1. The van der Waals surface area contributed by atoms with Crippen molar-refractivity contribution in [2.45, 2.75) is 44.4 Å². The molecule has 0 aliphatic carbocycles. The monoisotopic (exact) mass is 302 g/mol. The Labute approximate surface area is 122 Å². The molecule has 118 valence electrons. The molecule has 1 aromatic carbocycles. The molecule has 6 heteroatoms. The normalized spacial score (nSPS) is 19.9. The van der Waals surface area contributed by atoms with Crippen molar-refractivity contribution in [1.29, 1.82) is 0 Å². The number of nitrogens with zero attached hydrogens (tertiary/aromatic N) is 1. The van der Waals surface area contributed by atoms with Crippen LogP contribution in [0.15, 0.2) is 18.2 Å². The lowest BCUT2D eigenvalue weighted by atomic mass is 9.97. The second-order valence-electron chi connectivity index (χ2n) is 5.40. The number of alkyl halides is 3. The molecule has 1 aromatic rings. The summed E-state index contributed by atoms with van der Waals surface area (Å²) in [7, 11) is 0. The fourth-order valence-corrected chi connectivity index (χ4v) is 2.97. The molecule has 1 unspecified atom stereocenters. The van der Waals surface area contributed by atoms with E-state index in [4.69, 9.17) is 10.8 Å². The highest BCUT2D eigenvalue weighted by Crippen LogP contribution is 2.35. The number of halogens is 3. The summed E-state index contributed by atoms with van der Waals surface area (Å²) in [5.74, 6) is 0. The Morgan fingerprint density at radius 2 is 2.05 bits per heavy atom. The van der Waals surface area contributed by atoms with Gasteiger partial charge in [0.05, 0.1) is 5.56 Å². The summed E-state index contributed by atoms with van der Waals surface area (Å²) in [6, 6.07) is 3.94. The van der Waals surface area contributed by atoms with Gasteiger partial charge < -0.3 is 15.7 Å². The highest BCUT2D eigenvalue weighted by Gasteiger charge is 2.32. The van der Waals surface area contributed by atoms with Crippen LogP contribution in [0, 0.1) is 0 Å². The zero-order valence-electron chi connectivity index (χ0n) is 11.9. The minimum absolute atomic E-state index is 0.0710. The van der Waals surface area contributed by atoms with Gasteiger partial charge >= 0.3 is 6.18 Å². The van der Waals surface area contributed by atoms with E-state index in [0.717, 1.165) is 43.6 Å². The molecular weight excluding hydrogens is 281 g/mol. The van der Waals surface area contributed by atoms with Crippen LogP contribution in [0.5, 0.6) is 0 Å². The number of piperidine rings is 1. The van der Waals surface area contributed by atoms with Crippen LogP contribution in [0.1, 0.15) is 36.8 Å². The first kappa shape index (κ1) is 16.1. The number of hydrogen-bond donors (Lipinski definition) is 2. The van der Waals surface area contributed by atoms with Gasteiger partial charge in [0.2, 0.25) is 0 Å². The first-order valence-electron chi connectivity index (χ1n) is 7.25. The predicted molar refractivity (Wildman–Crippen MR) is 76.0 cm³/mol. The van der Waals surface area contributed by atoms with Crippen LogP contribution in [-0.2, 0) is 12.7 Å². The van der Waals surface area contributed by atoms with Gasteiger partial charge in [-0.3, -0.25) is 0 Å². The number of aliphatic hydroxyl groups excluding tert-OH is 1. The number of aliphatic hydroxyl groups is 1. The molecule has 21 heavy (non-hydrogen) atoms. The quantitative estimate of drug-likeness (QED) is 0.899. The molecule has 1 aliphatic heterocycles. The number of rotatable bonds is 4. The lowest BCUT2D eigenvalue weighted by Gasteiger charge is -2.38. The third-order valence-electron chi connectivity index (χ3n) is 4.03. The zero-order valence-corrected chi connectivity index (χ0v) is 11.9. The summed E-state index contributed by atoms with van der Waals surface area (Å²) in [5, 5.41) is 9.16. The molecule has 0 spiro atoms. The van der Waals surface area contributed by atoms with Gasteiger partial charge in [0.1, 0.15) is 0 Å². The fraction of sp³-hybridized carbons (Fsp3) is 0.600.